The van der Waals surface area contributed by atoms with Crippen molar-refractivity contribution in [3.8, 4) is 33.9 Å². The second-order valence-corrected chi connectivity index (χ2v) is 5.21. The molecular weight excluding hydrogens is 330 g/mol. The van der Waals surface area contributed by atoms with Gasteiger partial charge in [-0.1, -0.05) is 84.7 Å². The second-order valence-electron chi connectivity index (χ2n) is 4.87. The van der Waals surface area contributed by atoms with E-state index in [9.17, 15) is 0 Å². The molecule has 0 amide bonds. The Labute approximate surface area is 163 Å². The van der Waals surface area contributed by atoms with Crippen molar-refractivity contribution in [2.75, 3.05) is 0 Å². The Bertz CT molecular complexity index is 1430. The van der Waals surface area contributed by atoms with E-state index in [-0.39, 0.29) is 28.1 Å². The van der Waals surface area contributed by atoms with Crippen molar-refractivity contribution in [3.63, 3.8) is 0 Å². The lowest BCUT2D eigenvalue weighted by Crippen LogP contribution is -1.98. The van der Waals surface area contributed by atoms with Gasteiger partial charge in [0.15, 0.2) is 11.6 Å². The highest BCUT2D eigenvalue weighted by molar-refractivity contribution is 6.28. The summed E-state index contributed by atoms with van der Waals surface area (Å²) in [6, 6.07) is 3.15. The van der Waals surface area contributed by atoms with Crippen molar-refractivity contribution in [2.24, 2.45) is 0 Å². The molecule has 0 spiro atoms. The number of hydrogen-bond acceptors (Lipinski definition) is 3. The van der Waals surface area contributed by atoms with E-state index >= 15 is 0 Å². The molecule has 0 fully saturated rings. The Kier molecular flexibility index (Phi) is 2.29. The van der Waals surface area contributed by atoms with Gasteiger partial charge in [0.25, 0.3) is 0 Å². The van der Waals surface area contributed by atoms with Crippen LogP contribution in [0.5, 0.6) is 0 Å². The molecule has 0 aliphatic rings. The molecule has 0 atom stereocenters. The zero-order valence-electron chi connectivity index (χ0n) is 21.6. The second kappa shape index (κ2) is 6.83. The van der Waals surface area contributed by atoms with Gasteiger partial charge in [-0.15, -0.1) is 0 Å². The minimum Gasteiger partial charge on any atom is -0.208 e. The van der Waals surface area contributed by atoms with Gasteiger partial charge in [-0.3, -0.25) is 0 Å². The molecule has 120 valence electrons. The van der Waals surface area contributed by atoms with Crippen LogP contribution >= 0.6 is 11.6 Å². The van der Waals surface area contributed by atoms with Crippen LogP contribution in [0.4, 0.5) is 0 Å². The third-order valence-corrected chi connectivity index (χ3v) is 3.47. The Balaban J connectivity index is 2.15. The van der Waals surface area contributed by atoms with Gasteiger partial charge in [0, 0.05) is 11.1 Å². The van der Waals surface area contributed by atoms with Crippen molar-refractivity contribution in [1.29, 1.82) is 0 Å². The first-order valence-electron chi connectivity index (χ1n) is 11.7. The molecule has 25 heavy (non-hydrogen) atoms. The molecule has 3 nitrogen and oxygen atoms in total. The fraction of sp³-hybridized carbons (Fsp3) is 0. The van der Waals surface area contributed by atoms with Crippen molar-refractivity contribution >= 4 is 11.6 Å². The van der Waals surface area contributed by atoms with E-state index in [4.69, 9.17) is 23.9 Å². The van der Waals surface area contributed by atoms with Gasteiger partial charge < -0.3 is 0 Å². The smallest absolute Gasteiger partial charge is 0.208 e. The molecule has 1 heterocycles. The highest BCUT2D eigenvalue weighted by Crippen LogP contribution is 2.31. The molecule has 0 N–H and O–H groups in total. The van der Waals surface area contributed by atoms with E-state index in [0.29, 0.717) is 5.56 Å². The van der Waals surface area contributed by atoms with E-state index < -0.39 is 59.9 Å². The molecule has 0 aliphatic heterocycles. The van der Waals surface area contributed by atoms with Crippen LogP contribution < -0.4 is 0 Å². The monoisotopic (exact) mass is 352 g/mol. The molecule has 1 aromatic heterocycles. The van der Waals surface area contributed by atoms with Crippen LogP contribution in [0.1, 0.15) is 12.3 Å². The summed E-state index contributed by atoms with van der Waals surface area (Å²) < 4.78 is 73.8. The minimum atomic E-state index is -0.645. The van der Waals surface area contributed by atoms with E-state index in [0.717, 1.165) is 0 Å². The topological polar surface area (TPSA) is 38.7 Å². The van der Waals surface area contributed by atoms with Crippen LogP contribution in [0, 0.1) is 0 Å². The molecule has 0 radical (unpaired) electrons. The van der Waals surface area contributed by atoms with E-state index in [1.807, 2.05) is 0 Å². The van der Waals surface area contributed by atoms with Gasteiger partial charge in [0.1, 0.15) is 0 Å². The fourth-order valence-electron chi connectivity index (χ4n) is 2.22. The molecule has 0 bridgehead atoms. The summed E-state index contributed by atoms with van der Waals surface area (Å²) in [4.78, 5) is 12.5. The van der Waals surface area contributed by atoms with Crippen LogP contribution in [0.2, 0.25) is 5.28 Å². The van der Waals surface area contributed by atoms with E-state index in [1.54, 1.807) is 30.3 Å². The summed E-state index contributed by atoms with van der Waals surface area (Å²) >= 11 is 6.13. The van der Waals surface area contributed by atoms with Gasteiger partial charge in [-0.2, -0.15) is 9.97 Å². The van der Waals surface area contributed by atoms with Crippen molar-refractivity contribution in [2.45, 2.75) is 0 Å². The number of halogens is 1. The summed E-state index contributed by atoms with van der Waals surface area (Å²) in [6.45, 7) is 0. The number of nitrogens with zero attached hydrogens (tertiary/aromatic N) is 3. The van der Waals surface area contributed by atoms with E-state index in [1.165, 1.54) is 0 Å². The normalized spacial score (nSPS) is 15.6. The summed E-state index contributed by atoms with van der Waals surface area (Å²) in [5.41, 5.74) is -0.417. The largest absolute Gasteiger partial charge is 0.226 e. The third-order valence-electron chi connectivity index (χ3n) is 3.30. The summed E-state index contributed by atoms with van der Waals surface area (Å²) in [6.07, 6.45) is 0. The van der Waals surface area contributed by atoms with Gasteiger partial charge in [-0.25, -0.2) is 4.98 Å². The molecule has 0 unspecified atom stereocenters. The Morgan fingerprint density at radius 1 is 0.640 bits per heavy atom. The molecule has 4 aromatic rings. The van der Waals surface area contributed by atoms with Gasteiger partial charge in [0.2, 0.25) is 5.28 Å². The van der Waals surface area contributed by atoms with Crippen LogP contribution in [0.25, 0.3) is 33.9 Å². The standard InChI is InChI=1S/C21H14ClN3/c22-21-24-19(16-11-5-2-6-12-16)23-20(25-21)18-14-8-7-13-17(18)15-9-3-1-4-10-15/h1-14H/i1D,3D,4D,7D,8D,9D,10D,13D,14D. The highest BCUT2D eigenvalue weighted by Gasteiger charge is 2.13. The van der Waals surface area contributed by atoms with Crippen LogP contribution in [0.15, 0.2) is 84.7 Å². The molecule has 0 aliphatic carbocycles. The zero-order chi connectivity index (χ0) is 24.9. The molecule has 3 aromatic carbocycles. The molecule has 0 saturated heterocycles. The summed E-state index contributed by atoms with van der Waals surface area (Å²) in [7, 11) is 0. The van der Waals surface area contributed by atoms with Crippen LogP contribution in [-0.4, -0.2) is 15.0 Å². The van der Waals surface area contributed by atoms with Crippen LogP contribution in [0.3, 0.4) is 0 Å². The highest BCUT2D eigenvalue weighted by atomic mass is 35.5. The maximum atomic E-state index is 8.51. The summed E-state index contributed by atoms with van der Waals surface area (Å²) in [5.74, 6) is -0.0947. The average molecular weight is 353 g/mol. The Morgan fingerprint density at radius 3 is 2.04 bits per heavy atom. The predicted octanol–water partition coefficient (Wildman–Crippen LogP) is 5.53. The lowest BCUT2D eigenvalue weighted by molar-refractivity contribution is 1.07. The first kappa shape index (κ1) is 8.37. The van der Waals surface area contributed by atoms with E-state index in [2.05, 4.69) is 15.0 Å². The summed E-state index contributed by atoms with van der Waals surface area (Å²) in [5, 5.41) is -0.247. The first-order valence-corrected chi connectivity index (χ1v) is 7.57. The van der Waals surface area contributed by atoms with Crippen molar-refractivity contribution in [3.05, 3.63) is 90.0 Å². The van der Waals surface area contributed by atoms with Gasteiger partial charge in [0.05, 0.1) is 12.3 Å². The predicted molar refractivity (Wildman–Crippen MR) is 101 cm³/mol. The first-order chi connectivity index (χ1) is 16.0. The Morgan fingerprint density at radius 2 is 1.28 bits per heavy atom. The van der Waals surface area contributed by atoms with Crippen LogP contribution in [-0.2, 0) is 0 Å². The van der Waals surface area contributed by atoms with Crippen molar-refractivity contribution < 1.29 is 12.3 Å². The maximum Gasteiger partial charge on any atom is 0.226 e. The molecule has 4 rings (SSSR count). The molecule has 0 saturated carbocycles. The maximum absolute atomic E-state index is 8.51. The number of hydrogen-bond donors (Lipinski definition) is 0. The quantitative estimate of drug-likeness (QED) is 0.487. The molecule has 4 heteroatoms. The third kappa shape index (κ3) is 3.28. The lowest BCUT2D eigenvalue weighted by Gasteiger charge is -2.10. The minimum absolute atomic E-state index is 0.134. The number of benzene rings is 3. The number of rotatable bonds is 3. The number of aromatic nitrogens is 3. The van der Waals surface area contributed by atoms with Gasteiger partial charge in [-0.05, 0) is 22.7 Å². The average Bonchev–Trinajstić information content (AvgIpc) is 2.83. The Hall–Kier alpha value is -3.04. The molecular formula is C21H14ClN3. The SMILES string of the molecule is [2H]c1c([2H])c([2H])c(-c2c([2H])c([2H])c([2H])c([2H])c2-c2nc(Cl)nc(-c3ccccc3)n2)c([2H])c1[2H]. The van der Waals surface area contributed by atoms with Crippen molar-refractivity contribution in [1.82, 2.24) is 15.0 Å². The fourth-order valence-corrected chi connectivity index (χ4v) is 2.38. The zero-order valence-corrected chi connectivity index (χ0v) is 13.4. The van der Waals surface area contributed by atoms with Gasteiger partial charge >= 0.3 is 0 Å². The lowest BCUT2D eigenvalue weighted by atomic mass is 9.99.